The minimum atomic E-state index is -4.62. The second-order valence-corrected chi connectivity index (χ2v) is 7.14. The summed E-state index contributed by atoms with van der Waals surface area (Å²) in [5.74, 6) is -2.84. The van der Waals surface area contributed by atoms with E-state index in [1.54, 1.807) is 0 Å². The monoisotopic (exact) mass is 405 g/mol. The Morgan fingerprint density at radius 2 is 1.76 bits per heavy atom. The van der Waals surface area contributed by atoms with Gasteiger partial charge in [-0.1, -0.05) is 48.5 Å². The Labute approximate surface area is 166 Å². The van der Waals surface area contributed by atoms with E-state index in [-0.39, 0.29) is 0 Å². The first-order valence-corrected chi connectivity index (χ1v) is 9.20. The molecule has 1 aliphatic rings. The summed E-state index contributed by atoms with van der Waals surface area (Å²) in [6.45, 7) is 3.54. The van der Waals surface area contributed by atoms with Gasteiger partial charge in [-0.25, -0.2) is 0 Å². The third-order valence-electron chi connectivity index (χ3n) is 5.06. The van der Waals surface area contributed by atoms with Gasteiger partial charge in [-0.2, -0.15) is 13.2 Å². The number of halogens is 3. The fraction of sp³-hybridized carbons (Fsp3) is 0.333. The first-order valence-electron chi connectivity index (χ1n) is 9.20. The number of aryl methyl sites for hydroxylation is 2. The number of carbonyl (C=O) groups excluding carboxylic acids is 2. The molecule has 3 unspecified atom stereocenters. The maximum absolute atomic E-state index is 12.8. The van der Waals surface area contributed by atoms with Crippen LogP contribution in [0.15, 0.2) is 48.5 Å². The van der Waals surface area contributed by atoms with Gasteiger partial charge in [0.05, 0.1) is 6.04 Å². The Bertz CT molecular complexity index is 900. The third-order valence-corrected chi connectivity index (χ3v) is 5.06. The second-order valence-electron chi connectivity index (χ2n) is 7.14. The highest BCUT2D eigenvalue weighted by molar-refractivity contribution is 6.01. The van der Waals surface area contributed by atoms with Gasteiger partial charge in [0.25, 0.3) is 0 Å². The molecule has 1 saturated heterocycles. The molecule has 5 nitrogen and oxygen atoms in total. The second kappa shape index (κ2) is 8.24. The molecule has 0 aliphatic carbocycles. The normalized spacial score (nSPS) is 20.7. The van der Waals surface area contributed by atoms with Crippen molar-refractivity contribution in [3.05, 3.63) is 70.8 Å². The number of hydrogen-bond donors (Lipinski definition) is 3. The number of nitrogens with one attached hydrogen (secondary N) is 3. The van der Waals surface area contributed by atoms with Crippen molar-refractivity contribution in [1.29, 1.82) is 0 Å². The quantitative estimate of drug-likeness (QED) is 0.685. The molecule has 3 rings (SSSR count). The van der Waals surface area contributed by atoms with Crippen LogP contribution in [0.5, 0.6) is 0 Å². The molecule has 2 amide bonds. The SMILES string of the molecule is Cc1ccc(C(NC(=O)C2CNC(C(F)(F)F)NC2=O)c2ccccc2)cc1C. The number of amides is 2. The smallest absolute Gasteiger partial charge is 0.344 e. The lowest BCUT2D eigenvalue weighted by atomic mass is 9.94. The molecule has 3 N–H and O–H groups in total. The Balaban J connectivity index is 1.82. The molecular weight excluding hydrogens is 383 g/mol. The van der Waals surface area contributed by atoms with Crippen molar-refractivity contribution >= 4 is 11.8 Å². The maximum Gasteiger partial charge on any atom is 0.422 e. The van der Waals surface area contributed by atoms with Crippen molar-refractivity contribution < 1.29 is 22.8 Å². The molecule has 8 heteroatoms. The lowest BCUT2D eigenvalue weighted by Crippen LogP contribution is -2.64. The van der Waals surface area contributed by atoms with Gasteiger partial charge in [-0.05, 0) is 36.1 Å². The highest BCUT2D eigenvalue weighted by Gasteiger charge is 2.46. The number of rotatable bonds is 4. The standard InChI is InChI=1S/C21H22F3N3O2/c1-12-8-9-15(10-13(12)2)17(14-6-4-3-5-7-14)26-18(28)16-11-25-20(21(22,23)24)27-19(16)29/h3-10,16-17,20,25H,11H2,1-2H3,(H,26,28)(H,27,29). The number of alkyl halides is 3. The molecule has 1 heterocycles. The molecule has 2 aromatic rings. The molecule has 0 saturated carbocycles. The molecule has 2 aromatic carbocycles. The maximum atomic E-state index is 12.8. The van der Waals surface area contributed by atoms with Crippen molar-refractivity contribution in [2.24, 2.45) is 5.92 Å². The lowest BCUT2D eigenvalue weighted by molar-refractivity contribution is -0.175. The summed E-state index contributed by atoms with van der Waals surface area (Å²) in [5, 5.41) is 6.82. The predicted octanol–water partition coefficient (Wildman–Crippen LogP) is 2.73. The average molecular weight is 405 g/mol. The summed E-state index contributed by atoms with van der Waals surface area (Å²) in [4.78, 5) is 24.9. The van der Waals surface area contributed by atoms with Crippen LogP contribution in [0.3, 0.4) is 0 Å². The Hall–Kier alpha value is -2.87. The molecular formula is C21H22F3N3O2. The molecule has 154 valence electrons. The van der Waals surface area contributed by atoms with Crippen molar-refractivity contribution in [3.63, 3.8) is 0 Å². The van der Waals surface area contributed by atoms with E-state index in [9.17, 15) is 22.8 Å². The zero-order valence-electron chi connectivity index (χ0n) is 16.0. The summed E-state index contributed by atoms with van der Waals surface area (Å²) in [6.07, 6.45) is -6.77. The van der Waals surface area contributed by atoms with Crippen molar-refractivity contribution in [2.45, 2.75) is 32.2 Å². The Morgan fingerprint density at radius 3 is 2.34 bits per heavy atom. The average Bonchev–Trinajstić information content (AvgIpc) is 2.68. The van der Waals surface area contributed by atoms with Crippen molar-refractivity contribution in [1.82, 2.24) is 16.0 Å². The van der Waals surface area contributed by atoms with Crippen LogP contribution in [0, 0.1) is 19.8 Å². The zero-order chi connectivity index (χ0) is 21.2. The van der Waals surface area contributed by atoms with Crippen LogP contribution in [0.1, 0.15) is 28.3 Å². The highest BCUT2D eigenvalue weighted by Crippen LogP contribution is 2.25. The van der Waals surface area contributed by atoms with Crippen LogP contribution in [-0.2, 0) is 9.59 Å². The third kappa shape index (κ3) is 4.76. The zero-order valence-corrected chi connectivity index (χ0v) is 16.0. The minimum absolute atomic E-state index is 0.393. The summed E-state index contributed by atoms with van der Waals surface area (Å²) < 4.78 is 38.4. The van der Waals surface area contributed by atoms with Gasteiger partial charge in [0, 0.05) is 6.54 Å². The van der Waals surface area contributed by atoms with E-state index in [0.717, 1.165) is 22.3 Å². The van der Waals surface area contributed by atoms with Gasteiger partial charge in [0.15, 0.2) is 6.17 Å². The molecule has 29 heavy (non-hydrogen) atoms. The van der Waals surface area contributed by atoms with Crippen LogP contribution in [0.25, 0.3) is 0 Å². The van der Waals surface area contributed by atoms with Crippen molar-refractivity contribution in [2.75, 3.05) is 6.54 Å². The van der Waals surface area contributed by atoms with E-state index in [1.807, 2.05) is 67.7 Å². The van der Waals surface area contributed by atoms with Gasteiger partial charge in [-0.3, -0.25) is 14.9 Å². The molecule has 0 bridgehead atoms. The summed E-state index contributed by atoms with van der Waals surface area (Å²) in [5.41, 5.74) is 3.77. The van der Waals surface area contributed by atoms with E-state index in [1.165, 1.54) is 0 Å². The largest absolute Gasteiger partial charge is 0.422 e. The van der Waals surface area contributed by atoms with E-state index < -0.39 is 42.7 Å². The summed E-state index contributed by atoms with van der Waals surface area (Å²) in [6, 6.07) is 14.4. The van der Waals surface area contributed by atoms with Gasteiger partial charge in [0.1, 0.15) is 5.92 Å². The molecule has 3 atom stereocenters. The van der Waals surface area contributed by atoms with Crippen LogP contribution >= 0.6 is 0 Å². The fourth-order valence-corrected chi connectivity index (χ4v) is 3.22. The van der Waals surface area contributed by atoms with Gasteiger partial charge in [-0.15, -0.1) is 0 Å². The first-order chi connectivity index (χ1) is 13.7. The Morgan fingerprint density at radius 1 is 1.07 bits per heavy atom. The molecule has 0 aromatic heterocycles. The van der Waals surface area contributed by atoms with Gasteiger partial charge in [0.2, 0.25) is 11.8 Å². The van der Waals surface area contributed by atoms with Gasteiger partial charge >= 0.3 is 6.18 Å². The first kappa shape index (κ1) is 20.9. The van der Waals surface area contributed by atoms with Crippen LogP contribution in [0.4, 0.5) is 13.2 Å². The van der Waals surface area contributed by atoms with Crippen LogP contribution in [0.2, 0.25) is 0 Å². The molecule has 1 aliphatic heterocycles. The topological polar surface area (TPSA) is 70.2 Å². The minimum Gasteiger partial charge on any atom is -0.344 e. The van der Waals surface area contributed by atoms with Crippen LogP contribution < -0.4 is 16.0 Å². The molecule has 0 radical (unpaired) electrons. The van der Waals surface area contributed by atoms with Crippen LogP contribution in [-0.4, -0.2) is 30.7 Å². The Kier molecular flexibility index (Phi) is 5.93. The lowest BCUT2D eigenvalue weighted by Gasteiger charge is -2.32. The van der Waals surface area contributed by atoms with Gasteiger partial charge < -0.3 is 10.6 Å². The summed E-state index contributed by atoms with van der Waals surface area (Å²) in [7, 11) is 0. The molecule has 1 fully saturated rings. The molecule has 0 spiro atoms. The number of benzene rings is 2. The van der Waals surface area contributed by atoms with E-state index in [0.29, 0.717) is 0 Å². The van der Waals surface area contributed by atoms with E-state index in [4.69, 9.17) is 0 Å². The fourth-order valence-electron chi connectivity index (χ4n) is 3.22. The predicted molar refractivity (Wildman–Crippen MR) is 102 cm³/mol. The summed E-state index contributed by atoms with van der Waals surface area (Å²) >= 11 is 0. The number of hydrogen-bond acceptors (Lipinski definition) is 3. The number of carbonyl (C=O) groups is 2. The highest BCUT2D eigenvalue weighted by atomic mass is 19.4. The van der Waals surface area contributed by atoms with E-state index in [2.05, 4.69) is 10.6 Å². The van der Waals surface area contributed by atoms with E-state index >= 15 is 0 Å². The van der Waals surface area contributed by atoms with Crippen molar-refractivity contribution in [3.8, 4) is 0 Å².